The van der Waals surface area contributed by atoms with E-state index in [-0.39, 0.29) is 19.0 Å². The van der Waals surface area contributed by atoms with Crippen molar-refractivity contribution >= 4 is 11.3 Å². The average Bonchev–Trinajstić information content (AvgIpc) is 2.96. The van der Waals surface area contributed by atoms with Crippen LogP contribution in [0.1, 0.15) is 16.0 Å². The van der Waals surface area contributed by atoms with E-state index in [0.717, 1.165) is 6.42 Å². The van der Waals surface area contributed by atoms with Crippen LogP contribution in [0.2, 0.25) is 0 Å². The lowest BCUT2D eigenvalue weighted by Gasteiger charge is -2.05. The zero-order chi connectivity index (χ0) is 14.2. The molecule has 1 heterocycles. The van der Waals surface area contributed by atoms with Crippen LogP contribution in [0.25, 0.3) is 0 Å². The number of aliphatic hydroxyl groups excluding tert-OH is 1. The molecule has 0 unspecified atom stereocenters. The van der Waals surface area contributed by atoms with Gasteiger partial charge in [0.1, 0.15) is 12.4 Å². The highest BCUT2D eigenvalue weighted by atomic mass is 32.1. The first-order chi connectivity index (χ1) is 9.79. The molecule has 2 aromatic rings. The molecule has 2 rings (SSSR count). The second kappa shape index (κ2) is 7.81. The van der Waals surface area contributed by atoms with Gasteiger partial charge in [0.2, 0.25) is 0 Å². The smallest absolute Gasteiger partial charge is 0.129 e. The van der Waals surface area contributed by atoms with Crippen molar-refractivity contribution in [2.75, 3.05) is 13.2 Å². The Balaban J connectivity index is 1.83. The standard InChI is InChI=1S/C16H15FO2S/c17-16-11-13(3-1-8-18)5-6-14(16)12-19-9-7-15-4-2-10-20-15/h2,4-6,10-11,18H,7-9,12H2. The fourth-order valence-corrected chi connectivity index (χ4v) is 2.38. The Bertz CT molecular complexity index is 597. The molecule has 0 amide bonds. The summed E-state index contributed by atoms with van der Waals surface area (Å²) < 4.78 is 19.3. The second-order valence-corrected chi connectivity index (χ2v) is 5.18. The first kappa shape index (κ1) is 14.7. The molecule has 0 aliphatic carbocycles. The molecule has 0 saturated heterocycles. The van der Waals surface area contributed by atoms with Crippen LogP contribution in [-0.4, -0.2) is 18.3 Å². The summed E-state index contributed by atoms with van der Waals surface area (Å²) in [6, 6.07) is 8.82. The Morgan fingerprint density at radius 2 is 2.20 bits per heavy atom. The van der Waals surface area contributed by atoms with Crippen LogP contribution in [0.5, 0.6) is 0 Å². The summed E-state index contributed by atoms with van der Waals surface area (Å²) in [5, 5.41) is 10.6. The van der Waals surface area contributed by atoms with Crippen molar-refractivity contribution in [1.82, 2.24) is 0 Å². The fourth-order valence-electron chi connectivity index (χ4n) is 1.69. The first-order valence-electron chi connectivity index (χ1n) is 6.28. The van der Waals surface area contributed by atoms with Gasteiger partial charge in [-0.15, -0.1) is 11.3 Å². The van der Waals surface area contributed by atoms with Crippen molar-refractivity contribution in [2.24, 2.45) is 0 Å². The van der Waals surface area contributed by atoms with Crippen LogP contribution >= 0.6 is 11.3 Å². The first-order valence-corrected chi connectivity index (χ1v) is 7.16. The van der Waals surface area contributed by atoms with E-state index in [0.29, 0.717) is 17.7 Å². The van der Waals surface area contributed by atoms with E-state index < -0.39 is 0 Å². The third-order valence-electron chi connectivity index (χ3n) is 2.70. The number of thiophene rings is 1. The Labute approximate surface area is 121 Å². The van der Waals surface area contributed by atoms with Gasteiger partial charge in [0, 0.05) is 22.4 Å². The molecule has 0 aliphatic heterocycles. The predicted molar refractivity (Wildman–Crippen MR) is 78.0 cm³/mol. The lowest BCUT2D eigenvalue weighted by molar-refractivity contribution is 0.122. The number of hydrogen-bond donors (Lipinski definition) is 1. The Hall–Kier alpha value is -1.67. The minimum atomic E-state index is -0.328. The molecule has 0 spiro atoms. The zero-order valence-electron chi connectivity index (χ0n) is 10.9. The lowest BCUT2D eigenvalue weighted by atomic mass is 10.1. The van der Waals surface area contributed by atoms with E-state index in [9.17, 15) is 4.39 Å². The molecule has 1 aromatic carbocycles. The highest BCUT2D eigenvalue weighted by molar-refractivity contribution is 7.09. The summed E-state index contributed by atoms with van der Waals surface area (Å²) in [4.78, 5) is 1.26. The molecule has 0 atom stereocenters. The van der Waals surface area contributed by atoms with E-state index in [4.69, 9.17) is 9.84 Å². The SMILES string of the molecule is OCC#Cc1ccc(COCCc2cccs2)c(F)c1. The molecule has 104 valence electrons. The molecule has 0 fully saturated rings. The van der Waals surface area contributed by atoms with Crippen LogP contribution in [0.15, 0.2) is 35.7 Å². The average molecular weight is 290 g/mol. The Morgan fingerprint density at radius 3 is 2.90 bits per heavy atom. The molecule has 0 aliphatic rings. The third-order valence-corrected chi connectivity index (χ3v) is 3.63. The van der Waals surface area contributed by atoms with Crippen LogP contribution in [0, 0.1) is 17.7 Å². The summed E-state index contributed by atoms with van der Waals surface area (Å²) in [5.41, 5.74) is 1.07. The number of benzene rings is 1. The van der Waals surface area contributed by atoms with Gasteiger partial charge in [-0.2, -0.15) is 0 Å². The molecule has 0 bridgehead atoms. The van der Waals surface area contributed by atoms with E-state index >= 15 is 0 Å². The second-order valence-electron chi connectivity index (χ2n) is 4.15. The minimum absolute atomic E-state index is 0.227. The quantitative estimate of drug-likeness (QED) is 0.677. The van der Waals surface area contributed by atoms with Crippen LogP contribution in [-0.2, 0) is 17.8 Å². The van der Waals surface area contributed by atoms with Gasteiger partial charge in [-0.05, 0) is 23.6 Å². The van der Waals surface area contributed by atoms with Gasteiger partial charge in [0.15, 0.2) is 0 Å². The topological polar surface area (TPSA) is 29.5 Å². The van der Waals surface area contributed by atoms with Crippen LogP contribution in [0.3, 0.4) is 0 Å². The molecular weight excluding hydrogens is 275 g/mol. The van der Waals surface area contributed by atoms with Crippen molar-refractivity contribution in [2.45, 2.75) is 13.0 Å². The summed E-state index contributed by atoms with van der Waals surface area (Å²) >= 11 is 1.69. The van der Waals surface area contributed by atoms with Gasteiger partial charge in [-0.25, -0.2) is 4.39 Å². The molecular formula is C16H15FO2S. The monoisotopic (exact) mass is 290 g/mol. The van der Waals surface area contributed by atoms with Gasteiger partial charge in [-0.3, -0.25) is 0 Å². The van der Waals surface area contributed by atoms with E-state index in [1.807, 2.05) is 11.4 Å². The Morgan fingerprint density at radius 1 is 1.30 bits per heavy atom. The molecule has 20 heavy (non-hydrogen) atoms. The van der Waals surface area contributed by atoms with Gasteiger partial charge >= 0.3 is 0 Å². The van der Waals surface area contributed by atoms with Crippen molar-refractivity contribution in [1.29, 1.82) is 0 Å². The maximum atomic E-state index is 13.8. The number of aliphatic hydroxyl groups is 1. The highest BCUT2D eigenvalue weighted by Crippen LogP contribution is 2.13. The number of halogens is 1. The number of ether oxygens (including phenoxy) is 1. The lowest BCUT2D eigenvalue weighted by Crippen LogP contribution is -2.00. The number of hydrogen-bond acceptors (Lipinski definition) is 3. The van der Waals surface area contributed by atoms with Crippen LogP contribution < -0.4 is 0 Å². The van der Waals surface area contributed by atoms with Crippen molar-refractivity contribution in [3.63, 3.8) is 0 Å². The minimum Gasteiger partial charge on any atom is -0.384 e. The Kier molecular flexibility index (Phi) is 5.75. The third kappa shape index (κ3) is 4.46. The van der Waals surface area contributed by atoms with Crippen LogP contribution in [0.4, 0.5) is 4.39 Å². The van der Waals surface area contributed by atoms with E-state index in [2.05, 4.69) is 17.9 Å². The van der Waals surface area contributed by atoms with Gasteiger partial charge in [0.25, 0.3) is 0 Å². The maximum absolute atomic E-state index is 13.8. The summed E-state index contributed by atoms with van der Waals surface area (Å²) in [6.45, 7) is 0.603. The number of rotatable bonds is 5. The molecule has 0 saturated carbocycles. The molecule has 1 N–H and O–H groups in total. The normalized spacial score (nSPS) is 10.1. The van der Waals surface area contributed by atoms with Gasteiger partial charge in [0.05, 0.1) is 13.2 Å². The van der Waals surface area contributed by atoms with Crippen molar-refractivity contribution < 1.29 is 14.2 Å². The summed E-state index contributed by atoms with van der Waals surface area (Å²) in [6.07, 6.45) is 0.847. The van der Waals surface area contributed by atoms with E-state index in [1.165, 1.54) is 10.9 Å². The molecule has 0 radical (unpaired) electrons. The van der Waals surface area contributed by atoms with Gasteiger partial charge < -0.3 is 9.84 Å². The van der Waals surface area contributed by atoms with Crippen molar-refractivity contribution in [3.8, 4) is 11.8 Å². The molecule has 4 heteroatoms. The highest BCUT2D eigenvalue weighted by Gasteiger charge is 2.03. The predicted octanol–water partition coefficient (Wildman–Crippen LogP) is 2.99. The largest absolute Gasteiger partial charge is 0.384 e. The van der Waals surface area contributed by atoms with Crippen molar-refractivity contribution in [3.05, 3.63) is 57.5 Å². The van der Waals surface area contributed by atoms with E-state index in [1.54, 1.807) is 23.5 Å². The summed E-state index contributed by atoms with van der Waals surface area (Å²) in [7, 11) is 0. The fraction of sp³-hybridized carbons (Fsp3) is 0.250. The molecule has 2 nitrogen and oxygen atoms in total. The maximum Gasteiger partial charge on any atom is 0.129 e. The molecule has 1 aromatic heterocycles. The van der Waals surface area contributed by atoms with Gasteiger partial charge in [-0.1, -0.05) is 24.0 Å². The zero-order valence-corrected chi connectivity index (χ0v) is 11.8. The summed E-state index contributed by atoms with van der Waals surface area (Å²) in [5.74, 6) is 4.83.